The summed E-state index contributed by atoms with van der Waals surface area (Å²) in [4.78, 5) is 0. The molecular weight excluding hydrogens is 358 g/mol. The fourth-order valence-electron chi connectivity index (χ4n) is 1.78. The summed E-state index contributed by atoms with van der Waals surface area (Å²) < 4.78 is 7.95. The summed E-state index contributed by atoms with van der Waals surface area (Å²) in [5, 5.41) is 3.14. The standard InChI is InChI=1S/C14H21Br2NO/c1-4-10(5-2)9-18-14-12(15)6-11(8-17-3)7-13(14)16/h6-7,10,17H,4-5,8-9H2,1-3H3. The molecule has 102 valence electrons. The van der Waals surface area contributed by atoms with Gasteiger partial charge in [-0.15, -0.1) is 0 Å². The van der Waals surface area contributed by atoms with E-state index < -0.39 is 0 Å². The van der Waals surface area contributed by atoms with E-state index >= 15 is 0 Å². The van der Waals surface area contributed by atoms with Gasteiger partial charge in [0.1, 0.15) is 5.75 Å². The molecule has 0 aromatic heterocycles. The van der Waals surface area contributed by atoms with E-state index in [1.54, 1.807) is 0 Å². The van der Waals surface area contributed by atoms with Crippen molar-refractivity contribution >= 4 is 31.9 Å². The lowest BCUT2D eigenvalue weighted by atomic mass is 10.1. The molecule has 0 saturated carbocycles. The average Bonchev–Trinajstić information content (AvgIpc) is 2.33. The van der Waals surface area contributed by atoms with Crippen LogP contribution in [0.2, 0.25) is 0 Å². The average molecular weight is 379 g/mol. The van der Waals surface area contributed by atoms with Crippen LogP contribution in [0.5, 0.6) is 5.75 Å². The van der Waals surface area contributed by atoms with Gasteiger partial charge >= 0.3 is 0 Å². The molecule has 0 saturated heterocycles. The van der Waals surface area contributed by atoms with Gasteiger partial charge in [0.05, 0.1) is 15.6 Å². The SMILES string of the molecule is CCC(CC)COc1c(Br)cc(CNC)cc1Br. The van der Waals surface area contributed by atoms with Crippen LogP contribution < -0.4 is 10.1 Å². The highest BCUT2D eigenvalue weighted by Gasteiger charge is 2.11. The van der Waals surface area contributed by atoms with Gasteiger partial charge in [0.15, 0.2) is 0 Å². The van der Waals surface area contributed by atoms with Gasteiger partial charge in [0.25, 0.3) is 0 Å². The first kappa shape index (κ1) is 16.0. The maximum Gasteiger partial charge on any atom is 0.147 e. The molecule has 4 heteroatoms. The van der Waals surface area contributed by atoms with Crippen molar-refractivity contribution in [1.82, 2.24) is 5.32 Å². The predicted molar refractivity (Wildman–Crippen MR) is 84.2 cm³/mol. The molecule has 2 nitrogen and oxygen atoms in total. The summed E-state index contributed by atoms with van der Waals surface area (Å²) >= 11 is 7.16. The molecule has 1 N–H and O–H groups in total. The Balaban J connectivity index is 2.77. The maximum absolute atomic E-state index is 5.93. The highest BCUT2D eigenvalue weighted by Crippen LogP contribution is 2.35. The van der Waals surface area contributed by atoms with Crippen molar-refractivity contribution in [1.29, 1.82) is 0 Å². The molecule has 1 rings (SSSR count). The number of nitrogens with one attached hydrogen (secondary N) is 1. The van der Waals surface area contributed by atoms with Crippen LogP contribution in [0.25, 0.3) is 0 Å². The van der Waals surface area contributed by atoms with Crippen molar-refractivity contribution in [3.05, 3.63) is 26.6 Å². The molecule has 0 bridgehead atoms. The van der Waals surface area contributed by atoms with Gasteiger partial charge in [-0.05, 0) is 62.5 Å². The Bertz CT molecular complexity index is 355. The first-order valence-corrected chi connectivity index (χ1v) is 7.96. The molecule has 1 aromatic carbocycles. The van der Waals surface area contributed by atoms with Crippen molar-refractivity contribution in [3.8, 4) is 5.75 Å². The van der Waals surface area contributed by atoms with Gasteiger partial charge < -0.3 is 10.1 Å². The van der Waals surface area contributed by atoms with E-state index in [2.05, 4.69) is 63.2 Å². The third-order valence-corrected chi connectivity index (χ3v) is 4.24. The molecule has 0 radical (unpaired) electrons. The lowest BCUT2D eigenvalue weighted by Gasteiger charge is -2.16. The fourth-order valence-corrected chi connectivity index (χ4v) is 3.29. The third kappa shape index (κ3) is 4.56. The maximum atomic E-state index is 5.93. The minimum atomic E-state index is 0.626. The fraction of sp³-hybridized carbons (Fsp3) is 0.571. The van der Waals surface area contributed by atoms with Crippen LogP contribution in [-0.2, 0) is 6.54 Å². The second-order valence-corrected chi connectivity index (χ2v) is 6.12. The normalized spacial score (nSPS) is 11.0. The van der Waals surface area contributed by atoms with E-state index in [1.807, 2.05) is 7.05 Å². The Morgan fingerprint density at radius 1 is 1.17 bits per heavy atom. The lowest BCUT2D eigenvalue weighted by molar-refractivity contribution is 0.238. The van der Waals surface area contributed by atoms with Crippen LogP contribution in [0.4, 0.5) is 0 Å². The van der Waals surface area contributed by atoms with Gasteiger partial charge in [-0.2, -0.15) is 0 Å². The van der Waals surface area contributed by atoms with Crippen LogP contribution in [0.1, 0.15) is 32.3 Å². The summed E-state index contributed by atoms with van der Waals surface area (Å²) in [6.07, 6.45) is 2.31. The smallest absolute Gasteiger partial charge is 0.147 e. The predicted octanol–water partition coefficient (Wildman–Crippen LogP) is 4.75. The summed E-state index contributed by atoms with van der Waals surface area (Å²) in [7, 11) is 1.94. The zero-order chi connectivity index (χ0) is 13.5. The molecule has 18 heavy (non-hydrogen) atoms. The van der Waals surface area contributed by atoms with E-state index in [0.29, 0.717) is 5.92 Å². The molecular formula is C14H21Br2NO. The van der Waals surface area contributed by atoms with Crippen molar-refractivity contribution in [2.75, 3.05) is 13.7 Å². The molecule has 0 heterocycles. The minimum absolute atomic E-state index is 0.626. The summed E-state index contributed by atoms with van der Waals surface area (Å²) in [5.74, 6) is 1.53. The van der Waals surface area contributed by atoms with Crippen LogP contribution >= 0.6 is 31.9 Å². The van der Waals surface area contributed by atoms with Gasteiger partial charge in [-0.25, -0.2) is 0 Å². The van der Waals surface area contributed by atoms with Gasteiger partial charge in [-0.3, -0.25) is 0 Å². The molecule has 0 aliphatic rings. The minimum Gasteiger partial charge on any atom is -0.491 e. The Morgan fingerprint density at radius 2 is 1.72 bits per heavy atom. The second-order valence-electron chi connectivity index (χ2n) is 4.41. The topological polar surface area (TPSA) is 21.3 Å². The van der Waals surface area contributed by atoms with Crippen LogP contribution in [0.15, 0.2) is 21.1 Å². The molecule has 0 atom stereocenters. The summed E-state index contributed by atoms with van der Waals surface area (Å²) in [6.45, 7) is 6.04. The quantitative estimate of drug-likeness (QED) is 0.739. The largest absolute Gasteiger partial charge is 0.491 e. The molecule has 0 fully saturated rings. The summed E-state index contributed by atoms with van der Waals surface area (Å²) in [5.41, 5.74) is 1.23. The third-order valence-electron chi connectivity index (χ3n) is 3.06. The molecule has 0 spiro atoms. The zero-order valence-electron chi connectivity index (χ0n) is 11.2. The first-order valence-electron chi connectivity index (χ1n) is 6.37. The van der Waals surface area contributed by atoms with E-state index in [0.717, 1.165) is 40.7 Å². The number of benzene rings is 1. The van der Waals surface area contributed by atoms with E-state index in [1.165, 1.54) is 5.56 Å². The molecule has 0 aliphatic heterocycles. The van der Waals surface area contributed by atoms with Crippen LogP contribution in [0, 0.1) is 5.92 Å². The van der Waals surface area contributed by atoms with Crippen LogP contribution in [0.3, 0.4) is 0 Å². The number of hydrogen-bond donors (Lipinski definition) is 1. The zero-order valence-corrected chi connectivity index (χ0v) is 14.4. The van der Waals surface area contributed by atoms with Crippen molar-refractivity contribution in [2.24, 2.45) is 5.92 Å². The molecule has 0 unspecified atom stereocenters. The number of hydrogen-bond acceptors (Lipinski definition) is 2. The highest BCUT2D eigenvalue weighted by atomic mass is 79.9. The molecule has 0 aliphatic carbocycles. The lowest BCUT2D eigenvalue weighted by Crippen LogP contribution is -2.11. The first-order chi connectivity index (χ1) is 8.62. The Labute approximate surface area is 127 Å². The molecule has 1 aromatic rings. The van der Waals surface area contributed by atoms with Crippen molar-refractivity contribution in [2.45, 2.75) is 33.2 Å². The van der Waals surface area contributed by atoms with Gasteiger partial charge in [0.2, 0.25) is 0 Å². The number of halogens is 2. The Hall–Kier alpha value is -0.0600. The van der Waals surface area contributed by atoms with Crippen LogP contribution in [-0.4, -0.2) is 13.7 Å². The highest BCUT2D eigenvalue weighted by molar-refractivity contribution is 9.11. The van der Waals surface area contributed by atoms with Crippen molar-refractivity contribution in [3.63, 3.8) is 0 Å². The monoisotopic (exact) mass is 377 g/mol. The molecule has 0 amide bonds. The summed E-state index contributed by atoms with van der Waals surface area (Å²) in [6, 6.07) is 4.20. The number of ether oxygens (including phenoxy) is 1. The Kier molecular flexibility index (Phi) is 7.27. The van der Waals surface area contributed by atoms with Gasteiger partial charge in [-0.1, -0.05) is 26.7 Å². The van der Waals surface area contributed by atoms with Gasteiger partial charge in [0, 0.05) is 6.54 Å². The van der Waals surface area contributed by atoms with E-state index in [4.69, 9.17) is 4.74 Å². The Morgan fingerprint density at radius 3 is 2.17 bits per heavy atom. The van der Waals surface area contributed by atoms with E-state index in [9.17, 15) is 0 Å². The number of rotatable bonds is 7. The second kappa shape index (κ2) is 8.18. The van der Waals surface area contributed by atoms with E-state index in [-0.39, 0.29) is 0 Å². The van der Waals surface area contributed by atoms with Crippen molar-refractivity contribution < 1.29 is 4.74 Å².